The van der Waals surface area contributed by atoms with E-state index < -0.39 is 0 Å². The van der Waals surface area contributed by atoms with Crippen molar-refractivity contribution in [1.82, 2.24) is 4.90 Å². The van der Waals surface area contributed by atoms with E-state index in [0.29, 0.717) is 12.6 Å². The van der Waals surface area contributed by atoms with E-state index in [9.17, 15) is 0 Å². The molecule has 0 radical (unpaired) electrons. The average molecular weight is 278 g/mol. The van der Waals surface area contributed by atoms with Crippen LogP contribution in [0.3, 0.4) is 0 Å². The van der Waals surface area contributed by atoms with Crippen LogP contribution in [0.25, 0.3) is 0 Å². The third-order valence-corrected chi connectivity index (χ3v) is 3.98. The fourth-order valence-corrected chi connectivity index (χ4v) is 2.94. The zero-order valence-corrected chi connectivity index (χ0v) is 12.5. The maximum Gasteiger partial charge on any atom is 0.118 e. The van der Waals surface area contributed by atoms with Gasteiger partial charge in [-0.1, -0.05) is 12.1 Å². The van der Waals surface area contributed by atoms with Gasteiger partial charge in [-0.15, -0.1) is 0 Å². The van der Waals surface area contributed by atoms with Crippen molar-refractivity contribution in [3.63, 3.8) is 0 Å². The third-order valence-electron chi connectivity index (χ3n) is 3.98. The average Bonchev–Trinajstić information content (AvgIpc) is 2.49. The monoisotopic (exact) mass is 278 g/mol. The summed E-state index contributed by atoms with van der Waals surface area (Å²) in [4.78, 5) is 2.45. The zero-order chi connectivity index (χ0) is 14.4. The summed E-state index contributed by atoms with van der Waals surface area (Å²) in [6, 6.07) is 8.50. The first-order valence-corrected chi connectivity index (χ1v) is 7.48. The lowest BCUT2D eigenvalue weighted by Crippen LogP contribution is -2.44. The van der Waals surface area contributed by atoms with Crippen LogP contribution in [0.15, 0.2) is 24.3 Å². The molecule has 1 aliphatic rings. The molecule has 4 heteroatoms. The summed E-state index contributed by atoms with van der Waals surface area (Å²) >= 11 is 0. The molecule has 20 heavy (non-hydrogen) atoms. The summed E-state index contributed by atoms with van der Waals surface area (Å²) in [6.07, 6.45) is 2.68. The molecule has 0 amide bonds. The quantitative estimate of drug-likeness (QED) is 0.866. The lowest BCUT2D eigenvalue weighted by Gasteiger charge is -2.37. The largest absolute Gasteiger partial charge is 0.497 e. The molecule has 2 N–H and O–H groups in total. The third kappa shape index (κ3) is 3.72. The molecule has 1 saturated heterocycles. The molecule has 4 nitrogen and oxygen atoms in total. The maximum atomic E-state index is 6.01. The topological polar surface area (TPSA) is 47.7 Å². The smallest absolute Gasteiger partial charge is 0.118 e. The Morgan fingerprint density at radius 1 is 1.35 bits per heavy atom. The van der Waals surface area contributed by atoms with E-state index >= 15 is 0 Å². The van der Waals surface area contributed by atoms with Crippen LogP contribution in [0, 0.1) is 0 Å². The van der Waals surface area contributed by atoms with Gasteiger partial charge in [-0.05, 0) is 44.0 Å². The van der Waals surface area contributed by atoms with Gasteiger partial charge in [0.15, 0.2) is 0 Å². The predicted octanol–water partition coefficient (Wildman–Crippen LogP) is 2.20. The zero-order valence-electron chi connectivity index (χ0n) is 12.5. The molecule has 1 heterocycles. The van der Waals surface area contributed by atoms with Gasteiger partial charge < -0.3 is 15.2 Å². The highest BCUT2D eigenvalue weighted by atomic mass is 16.5. The molecule has 1 aromatic carbocycles. The van der Waals surface area contributed by atoms with Crippen LogP contribution in [-0.2, 0) is 4.74 Å². The summed E-state index contributed by atoms with van der Waals surface area (Å²) in [6.45, 7) is 5.54. The molecule has 2 atom stereocenters. The summed E-state index contributed by atoms with van der Waals surface area (Å²) in [5.74, 6) is 0.885. The minimum Gasteiger partial charge on any atom is -0.497 e. The minimum absolute atomic E-state index is 0.268. The van der Waals surface area contributed by atoms with E-state index in [1.807, 2.05) is 12.1 Å². The van der Waals surface area contributed by atoms with Crippen molar-refractivity contribution in [3.05, 3.63) is 29.8 Å². The Hall–Kier alpha value is -1.10. The van der Waals surface area contributed by atoms with E-state index in [4.69, 9.17) is 15.2 Å². The molecule has 0 spiro atoms. The van der Waals surface area contributed by atoms with Gasteiger partial charge in [0.2, 0.25) is 0 Å². The Labute approximate surface area is 121 Å². The second-order valence-corrected chi connectivity index (χ2v) is 5.24. The SMILES string of the molecule is CCOC1CCCN(C(CN)c2ccc(OC)cc2)C1. The summed E-state index contributed by atoms with van der Waals surface area (Å²) in [5, 5.41) is 0. The Bertz CT molecular complexity index is 392. The Morgan fingerprint density at radius 2 is 2.10 bits per heavy atom. The maximum absolute atomic E-state index is 6.01. The molecule has 1 aliphatic heterocycles. The lowest BCUT2D eigenvalue weighted by atomic mass is 10.0. The number of ether oxygens (including phenoxy) is 2. The van der Waals surface area contributed by atoms with Gasteiger partial charge in [0.1, 0.15) is 5.75 Å². The molecule has 1 fully saturated rings. The Balaban J connectivity index is 2.06. The van der Waals surface area contributed by atoms with Crippen LogP contribution in [0.4, 0.5) is 0 Å². The van der Waals surface area contributed by atoms with Crippen molar-refractivity contribution in [2.24, 2.45) is 5.73 Å². The van der Waals surface area contributed by atoms with Gasteiger partial charge in [-0.3, -0.25) is 4.90 Å². The van der Waals surface area contributed by atoms with E-state index in [1.54, 1.807) is 7.11 Å². The Morgan fingerprint density at radius 3 is 2.70 bits per heavy atom. The molecule has 2 rings (SSSR count). The highest BCUT2D eigenvalue weighted by Gasteiger charge is 2.26. The number of methoxy groups -OCH3 is 1. The van der Waals surface area contributed by atoms with Crippen molar-refractivity contribution < 1.29 is 9.47 Å². The predicted molar refractivity (Wildman–Crippen MR) is 81.0 cm³/mol. The van der Waals surface area contributed by atoms with Crippen molar-refractivity contribution in [3.8, 4) is 5.75 Å². The van der Waals surface area contributed by atoms with Crippen LogP contribution in [0.2, 0.25) is 0 Å². The minimum atomic E-state index is 0.268. The van der Waals surface area contributed by atoms with Gasteiger partial charge in [-0.2, -0.15) is 0 Å². The van der Waals surface area contributed by atoms with E-state index in [-0.39, 0.29) is 6.04 Å². The highest BCUT2D eigenvalue weighted by Crippen LogP contribution is 2.26. The van der Waals surface area contributed by atoms with Crippen molar-refractivity contribution in [2.75, 3.05) is 33.4 Å². The number of piperidine rings is 1. The normalized spacial score (nSPS) is 21.6. The van der Waals surface area contributed by atoms with Gasteiger partial charge >= 0.3 is 0 Å². The molecule has 0 bridgehead atoms. The first kappa shape index (κ1) is 15.3. The molecule has 1 aromatic rings. The second kappa shape index (κ2) is 7.62. The molecule has 112 valence electrons. The van der Waals surface area contributed by atoms with Crippen molar-refractivity contribution in [1.29, 1.82) is 0 Å². The van der Waals surface area contributed by atoms with E-state index in [0.717, 1.165) is 31.9 Å². The van der Waals surface area contributed by atoms with Crippen molar-refractivity contribution >= 4 is 0 Å². The standard InChI is InChI=1S/C16H26N2O2/c1-3-20-15-5-4-10-18(12-15)16(11-17)13-6-8-14(19-2)9-7-13/h6-9,15-16H,3-5,10-12,17H2,1-2H3. The van der Waals surface area contributed by atoms with Crippen LogP contribution in [0.5, 0.6) is 5.75 Å². The number of hydrogen-bond acceptors (Lipinski definition) is 4. The van der Waals surface area contributed by atoms with E-state index in [2.05, 4.69) is 24.0 Å². The van der Waals surface area contributed by atoms with Gasteiger partial charge in [0, 0.05) is 25.7 Å². The van der Waals surface area contributed by atoms with Crippen LogP contribution in [-0.4, -0.2) is 44.4 Å². The lowest BCUT2D eigenvalue weighted by molar-refractivity contribution is -0.00660. The van der Waals surface area contributed by atoms with Crippen LogP contribution >= 0.6 is 0 Å². The summed E-state index contributed by atoms with van der Waals surface area (Å²) in [5.41, 5.74) is 7.27. The number of benzene rings is 1. The molecular weight excluding hydrogens is 252 g/mol. The number of nitrogens with two attached hydrogens (primary N) is 1. The van der Waals surface area contributed by atoms with Gasteiger partial charge in [0.05, 0.1) is 13.2 Å². The molecular formula is C16H26N2O2. The van der Waals surface area contributed by atoms with Crippen LogP contribution in [0.1, 0.15) is 31.4 Å². The molecule has 0 aromatic heterocycles. The van der Waals surface area contributed by atoms with Gasteiger partial charge in [-0.25, -0.2) is 0 Å². The number of likely N-dealkylation sites (tertiary alicyclic amines) is 1. The summed E-state index contributed by atoms with van der Waals surface area (Å²) < 4.78 is 11.0. The first-order valence-electron chi connectivity index (χ1n) is 7.48. The number of nitrogens with zero attached hydrogens (tertiary/aromatic N) is 1. The molecule has 2 unspecified atom stereocenters. The fourth-order valence-electron chi connectivity index (χ4n) is 2.94. The molecule has 0 aliphatic carbocycles. The fraction of sp³-hybridized carbons (Fsp3) is 0.625. The highest BCUT2D eigenvalue weighted by molar-refractivity contribution is 5.29. The van der Waals surface area contributed by atoms with Crippen LogP contribution < -0.4 is 10.5 Å². The molecule has 0 saturated carbocycles. The van der Waals surface area contributed by atoms with E-state index in [1.165, 1.54) is 12.0 Å². The number of rotatable bonds is 6. The van der Waals surface area contributed by atoms with Crippen molar-refractivity contribution in [2.45, 2.75) is 31.9 Å². The van der Waals surface area contributed by atoms with Gasteiger partial charge in [0.25, 0.3) is 0 Å². The first-order chi connectivity index (χ1) is 9.78. The summed E-state index contributed by atoms with van der Waals surface area (Å²) in [7, 11) is 1.69. The Kier molecular flexibility index (Phi) is 5.83. The second-order valence-electron chi connectivity index (χ2n) is 5.24. The number of hydrogen-bond donors (Lipinski definition) is 1.